The van der Waals surface area contributed by atoms with Gasteiger partial charge >= 0.3 is 0 Å². The van der Waals surface area contributed by atoms with E-state index >= 15 is 0 Å². The van der Waals surface area contributed by atoms with E-state index < -0.39 is 0 Å². The van der Waals surface area contributed by atoms with Gasteiger partial charge in [0.15, 0.2) is 0 Å². The number of hydrogen-bond acceptors (Lipinski definition) is 4. The van der Waals surface area contributed by atoms with Gasteiger partial charge in [0.1, 0.15) is 0 Å². The Balaban J connectivity index is 1.43. The zero-order valence-electron chi connectivity index (χ0n) is 15.1. The molecule has 1 aromatic rings. The summed E-state index contributed by atoms with van der Waals surface area (Å²) in [5.41, 5.74) is 0.782. The molecule has 24 heavy (non-hydrogen) atoms. The molecule has 2 aliphatic carbocycles. The molecular weight excluding hydrogens is 314 g/mol. The second-order valence-electron chi connectivity index (χ2n) is 8.76. The number of thiophene rings is 1. The van der Waals surface area contributed by atoms with E-state index in [1.165, 1.54) is 45.2 Å². The summed E-state index contributed by atoms with van der Waals surface area (Å²) >= 11 is 1.92. The maximum atomic E-state index is 9.37. The van der Waals surface area contributed by atoms with E-state index in [1.807, 2.05) is 11.3 Å². The molecule has 0 radical (unpaired) electrons. The van der Waals surface area contributed by atoms with Crippen molar-refractivity contribution in [3.8, 4) is 6.07 Å². The average Bonchev–Trinajstić information content (AvgIpc) is 2.98. The summed E-state index contributed by atoms with van der Waals surface area (Å²) in [6.07, 6.45) is 8.79. The molecule has 2 heterocycles. The normalized spacial score (nSPS) is 35.4. The van der Waals surface area contributed by atoms with Crippen LogP contribution in [0.1, 0.15) is 49.8 Å². The minimum Gasteiger partial charge on any atom is -0.301 e. The molecule has 0 aromatic carbocycles. The number of nitriles is 1. The molecule has 3 nitrogen and oxygen atoms in total. The highest BCUT2D eigenvalue weighted by atomic mass is 32.1. The van der Waals surface area contributed by atoms with E-state index in [0.717, 1.165) is 19.4 Å². The smallest absolute Gasteiger partial charge is 0.0703 e. The molecule has 1 aromatic heterocycles. The summed E-state index contributed by atoms with van der Waals surface area (Å²) in [6.45, 7) is 3.46. The summed E-state index contributed by atoms with van der Waals surface area (Å²) in [5.74, 6) is 0. The summed E-state index contributed by atoms with van der Waals surface area (Å²) in [5, 5.41) is 11.6. The number of likely N-dealkylation sites (tertiary alicyclic amines) is 1. The fraction of sp³-hybridized carbons (Fsp3) is 0.750. The van der Waals surface area contributed by atoms with Crippen LogP contribution >= 0.6 is 11.3 Å². The van der Waals surface area contributed by atoms with Gasteiger partial charge in [0.25, 0.3) is 0 Å². The Bertz CT molecular complexity index is 616. The van der Waals surface area contributed by atoms with Gasteiger partial charge in [-0.05, 0) is 82.4 Å². The van der Waals surface area contributed by atoms with E-state index in [0.29, 0.717) is 5.41 Å². The average molecular weight is 344 g/mol. The van der Waals surface area contributed by atoms with Gasteiger partial charge in [-0.1, -0.05) is 6.07 Å². The Morgan fingerprint density at radius 2 is 1.92 bits per heavy atom. The Kier molecular flexibility index (Phi) is 4.03. The van der Waals surface area contributed by atoms with Gasteiger partial charge in [0.2, 0.25) is 0 Å². The molecule has 1 saturated heterocycles. The predicted octanol–water partition coefficient (Wildman–Crippen LogP) is 4.07. The first-order valence-corrected chi connectivity index (χ1v) is 10.2. The van der Waals surface area contributed by atoms with Crippen LogP contribution in [0.2, 0.25) is 0 Å². The quantitative estimate of drug-likeness (QED) is 0.825. The minimum absolute atomic E-state index is 0.0184. The Labute approximate surface area is 150 Å². The molecular formula is C20H29N3S. The van der Waals surface area contributed by atoms with E-state index in [-0.39, 0.29) is 11.0 Å². The molecule has 1 aliphatic heterocycles. The molecule has 4 heteroatoms. The van der Waals surface area contributed by atoms with Crippen molar-refractivity contribution >= 4 is 11.3 Å². The Morgan fingerprint density at radius 1 is 1.17 bits per heavy atom. The lowest BCUT2D eigenvalue weighted by Crippen LogP contribution is -2.47. The van der Waals surface area contributed by atoms with Crippen molar-refractivity contribution in [1.29, 1.82) is 5.26 Å². The van der Waals surface area contributed by atoms with Crippen molar-refractivity contribution in [3.05, 3.63) is 22.4 Å². The molecule has 1 spiro atoms. The van der Waals surface area contributed by atoms with E-state index in [9.17, 15) is 5.26 Å². The van der Waals surface area contributed by atoms with E-state index in [2.05, 4.69) is 47.5 Å². The Morgan fingerprint density at radius 3 is 2.46 bits per heavy atom. The van der Waals surface area contributed by atoms with Gasteiger partial charge in [-0.25, -0.2) is 0 Å². The van der Waals surface area contributed by atoms with Crippen LogP contribution in [0.5, 0.6) is 0 Å². The summed E-state index contributed by atoms with van der Waals surface area (Å²) in [7, 11) is 4.50. The molecule has 2 saturated carbocycles. The lowest BCUT2D eigenvalue weighted by Gasteiger charge is -2.48. The molecule has 0 unspecified atom stereocenters. The zero-order valence-corrected chi connectivity index (χ0v) is 15.9. The van der Waals surface area contributed by atoms with Crippen LogP contribution in [-0.2, 0) is 5.54 Å². The molecule has 0 bridgehead atoms. The predicted molar refractivity (Wildman–Crippen MR) is 98.9 cm³/mol. The zero-order chi connectivity index (χ0) is 16.8. The van der Waals surface area contributed by atoms with Crippen LogP contribution in [0.3, 0.4) is 0 Å². The van der Waals surface area contributed by atoms with Crippen molar-refractivity contribution in [2.45, 2.75) is 50.5 Å². The lowest BCUT2D eigenvalue weighted by atomic mass is 9.66. The third kappa shape index (κ3) is 2.71. The van der Waals surface area contributed by atoms with Crippen LogP contribution < -0.4 is 0 Å². The molecule has 0 N–H and O–H groups in total. The van der Waals surface area contributed by atoms with Gasteiger partial charge in [0, 0.05) is 18.0 Å². The van der Waals surface area contributed by atoms with Gasteiger partial charge in [-0.2, -0.15) is 5.26 Å². The van der Waals surface area contributed by atoms with Gasteiger partial charge in [0.05, 0.1) is 17.0 Å². The van der Waals surface area contributed by atoms with Gasteiger partial charge in [-0.3, -0.25) is 4.90 Å². The van der Waals surface area contributed by atoms with Crippen molar-refractivity contribution in [3.63, 3.8) is 0 Å². The first-order chi connectivity index (χ1) is 11.5. The highest BCUT2D eigenvalue weighted by Gasteiger charge is 2.51. The highest BCUT2D eigenvalue weighted by molar-refractivity contribution is 7.10. The van der Waals surface area contributed by atoms with Crippen LogP contribution in [-0.4, -0.2) is 43.5 Å². The van der Waals surface area contributed by atoms with Crippen LogP contribution in [0.25, 0.3) is 0 Å². The van der Waals surface area contributed by atoms with Crippen molar-refractivity contribution in [1.82, 2.24) is 9.80 Å². The molecule has 130 valence electrons. The number of nitrogens with zero attached hydrogens (tertiary/aromatic N) is 3. The molecule has 4 rings (SSSR count). The molecule has 3 aliphatic rings. The summed E-state index contributed by atoms with van der Waals surface area (Å²) in [4.78, 5) is 6.61. The van der Waals surface area contributed by atoms with Crippen molar-refractivity contribution < 1.29 is 0 Å². The standard InChI is InChI=1S/C20H29N3S/c1-22(2)20(17-4-3-13-24-17)9-7-18(8-10-20)11-12-23(15-18)16-19(14-21)5-6-19/h3-4,13H,5-12,15-16H2,1-2H3. The maximum Gasteiger partial charge on any atom is 0.0703 e. The fourth-order valence-electron chi connectivity index (χ4n) is 5.11. The first-order valence-electron chi connectivity index (χ1n) is 9.37. The third-order valence-electron chi connectivity index (χ3n) is 7.11. The second-order valence-corrected chi connectivity index (χ2v) is 9.70. The maximum absolute atomic E-state index is 9.37. The second kappa shape index (κ2) is 5.83. The van der Waals surface area contributed by atoms with Crippen molar-refractivity contribution in [2.75, 3.05) is 33.7 Å². The fourth-order valence-corrected chi connectivity index (χ4v) is 6.17. The van der Waals surface area contributed by atoms with Crippen molar-refractivity contribution in [2.24, 2.45) is 10.8 Å². The Hall–Kier alpha value is -0.890. The lowest BCUT2D eigenvalue weighted by molar-refractivity contribution is 0.0402. The number of hydrogen-bond donors (Lipinski definition) is 0. The van der Waals surface area contributed by atoms with E-state index in [4.69, 9.17) is 0 Å². The highest BCUT2D eigenvalue weighted by Crippen LogP contribution is 2.54. The largest absolute Gasteiger partial charge is 0.301 e. The summed E-state index contributed by atoms with van der Waals surface area (Å²) in [6, 6.07) is 7.10. The topological polar surface area (TPSA) is 30.3 Å². The van der Waals surface area contributed by atoms with Gasteiger partial charge in [-0.15, -0.1) is 11.3 Å². The van der Waals surface area contributed by atoms with Gasteiger partial charge < -0.3 is 4.90 Å². The van der Waals surface area contributed by atoms with Crippen LogP contribution in [0.15, 0.2) is 17.5 Å². The minimum atomic E-state index is 0.0184. The first kappa shape index (κ1) is 16.6. The third-order valence-corrected chi connectivity index (χ3v) is 8.17. The molecule has 0 amide bonds. The monoisotopic (exact) mass is 343 g/mol. The van der Waals surface area contributed by atoms with Crippen LogP contribution in [0.4, 0.5) is 0 Å². The SMILES string of the molecule is CN(C)C1(c2cccs2)CCC2(CCN(CC3(C#N)CC3)C2)CC1. The van der Waals surface area contributed by atoms with E-state index in [1.54, 1.807) is 4.88 Å². The number of rotatable bonds is 4. The summed E-state index contributed by atoms with van der Waals surface area (Å²) < 4.78 is 0. The molecule has 3 fully saturated rings. The van der Waals surface area contributed by atoms with Crippen LogP contribution in [0, 0.1) is 22.2 Å². The molecule has 0 atom stereocenters.